The first-order valence-corrected chi connectivity index (χ1v) is 12.3. The van der Waals surface area contributed by atoms with E-state index < -0.39 is 36.6 Å². The maximum atomic E-state index is 11.3. The van der Waals surface area contributed by atoms with Gasteiger partial charge >= 0.3 is 11.9 Å². The lowest BCUT2D eigenvalue weighted by atomic mass is 9.98. The molecule has 3 N–H and O–H groups in total. The van der Waals surface area contributed by atoms with Crippen molar-refractivity contribution in [3.63, 3.8) is 0 Å². The fraction of sp³-hybridized carbons (Fsp3) is 0.310. The van der Waals surface area contributed by atoms with Gasteiger partial charge < -0.3 is 34.1 Å². The fourth-order valence-electron chi connectivity index (χ4n) is 4.96. The molecule has 2 heterocycles. The summed E-state index contributed by atoms with van der Waals surface area (Å²) in [5.41, 5.74) is 2.81. The number of para-hydroxylation sites is 1. The summed E-state index contributed by atoms with van der Waals surface area (Å²) >= 11 is 0. The minimum atomic E-state index is -1.49. The Hall–Kier alpha value is -3.76. The molecule has 0 bridgehead atoms. The Kier molecular flexibility index (Phi) is 7.18. The van der Waals surface area contributed by atoms with Gasteiger partial charge in [0.25, 0.3) is 0 Å². The predicted octanol–water partition coefficient (Wildman–Crippen LogP) is 2.85. The molecular weight excluding hydrogens is 490 g/mol. The van der Waals surface area contributed by atoms with Gasteiger partial charge in [-0.25, -0.2) is 0 Å². The lowest BCUT2D eigenvalue weighted by Gasteiger charge is -2.41. The number of aromatic nitrogens is 1. The zero-order chi connectivity index (χ0) is 27.0. The molecular formula is C29H29NO8. The number of hydrogen-bond donors (Lipinski definition) is 3. The Morgan fingerprint density at radius 2 is 1.63 bits per heavy atom. The van der Waals surface area contributed by atoms with Gasteiger partial charge in [-0.05, 0) is 46.5 Å². The van der Waals surface area contributed by atoms with E-state index in [0.717, 1.165) is 32.8 Å². The van der Waals surface area contributed by atoms with Gasteiger partial charge in [0.1, 0.15) is 36.8 Å². The van der Waals surface area contributed by atoms with E-state index in [9.17, 15) is 24.9 Å². The van der Waals surface area contributed by atoms with Crippen LogP contribution in [-0.2, 0) is 25.5 Å². The number of aliphatic hydroxyl groups is 3. The molecule has 1 aliphatic heterocycles. The zero-order valence-electron chi connectivity index (χ0n) is 21.0. The summed E-state index contributed by atoms with van der Waals surface area (Å²) in [4.78, 5) is 22.6. The molecule has 198 valence electrons. The van der Waals surface area contributed by atoms with Crippen molar-refractivity contribution < 1.29 is 39.1 Å². The maximum Gasteiger partial charge on any atom is 0.308 e. The standard InChI is InChI=1S/C29H29NO8/c1-16(31)36-15-25-26(33)27(34)28(35)29(38-25)30-14-21(23-5-3-4-6-24(23)30)12-18-7-8-20-13-22(37-17(2)32)10-9-19(20)11-18/h3-11,13-14,25-29,33-35H,12,15H2,1-2H3/t25-,26-,27+,28-,29-/m1/s1. The number of ether oxygens (including phenoxy) is 3. The highest BCUT2D eigenvalue weighted by molar-refractivity contribution is 5.87. The van der Waals surface area contributed by atoms with Crippen molar-refractivity contribution in [2.24, 2.45) is 0 Å². The number of rotatable bonds is 6. The predicted molar refractivity (Wildman–Crippen MR) is 139 cm³/mol. The van der Waals surface area contributed by atoms with Crippen LogP contribution in [0.3, 0.4) is 0 Å². The van der Waals surface area contributed by atoms with Crippen molar-refractivity contribution in [1.29, 1.82) is 0 Å². The first kappa shape index (κ1) is 25.9. The molecule has 4 aromatic rings. The molecule has 9 heteroatoms. The third-order valence-corrected chi connectivity index (χ3v) is 6.77. The van der Waals surface area contributed by atoms with Crippen LogP contribution in [0.1, 0.15) is 31.2 Å². The van der Waals surface area contributed by atoms with Gasteiger partial charge in [-0.3, -0.25) is 9.59 Å². The number of fused-ring (bicyclic) bond motifs is 2. The van der Waals surface area contributed by atoms with Gasteiger partial charge in [-0.15, -0.1) is 0 Å². The summed E-state index contributed by atoms with van der Waals surface area (Å²) in [5.74, 6) is -0.417. The molecule has 0 spiro atoms. The Bertz CT molecular complexity index is 1490. The second-order valence-electron chi connectivity index (χ2n) is 9.53. The summed E-state index contributed by atoms with van der Waals surface area (Å²) < 4.78 is 17.9. The Balaban J connectivity index is 1.46. The molecule has 3 aromatic carbocycles. The minimum Gasteiger partial charge on any atom is -0.463 e. The number of aliphatic hydroxyl groups excluding tert-OH is 3. The number of carbonyl (C=O) groups is 2. The second kappa shape index (κ2) is 10.5. The van der Waals surface area contributed by atoms with Gasteiger partial charge in [0.05, 0.1) is 5.52 Å². The average molecular weight is 520 g/mol. The van der Waals surface area contributed by atoms with Gasteiger partial charge in [0.15, 0.2) is 6.23 Å². The number of benzene rings is 3. The van der Waals surface area contributed by atoms with Crippen molar-refractivity contribution in [2.75, 3.05) is 6.61 Å². The van der Waals surface area contributed by atoms with Crippen LogP contribution in [0.25, 0.3) is 21.7 Å². The number of hydrogen-bond acceptors (Lipinski definition) is 8. The lowest BCUT2D eigenvalue weighted by molar-refractivity contribution is -0.252. The summed E-state index contributed by atoms with van der Waals surface area (Å²) in [6, 6.07) is 19.2. The molecule has 1 fully saturated rings. The van der Waals surface area contributed by atoms with E-state index in [-0.39, 0.29) is 12.6 Å². The quantitative estimate of drug-likeness (QED) is 0.262. The molecule has 38 heavy (non-hydrogen) atoms. The van der Waals surface area contributed by atoms with E-state index in [1.54, 1.807) is 10.6 Å². The molecule has 5 atom stereocenters. The number of nitrogens with zero attached hydrogens (tertiary/aromatic N) is 1. The molecule has 1 aliphatic rings. The van der Waals surface area contributed by atoms with Crippen LogP contribution in [-0.4, -0.2) is 62.8 Å². The minimum absolute atomic E-state index is 0.251. The van der Waals surface area contributed by atoms with Crippen LogP contribution in [0.2, 0.25) is 0 Å². The largest absolute Gasteiger partial charge is 0.463 e. The van der Waals surface area contributed by atoms with Gasteiger partial charge in [-0.1, -0.05) is 42.5 Å². The second-order valence-corrected chi connectivity index (χ2v) is 9.53. The molecule has 1 saturated heterocycles. The molecule has 1 aromatic heterocycles. The van der Waals surface area contributed by atoms with Crippen molar-refractivity contribution >= 4 is 33.6 Å². The first-order valence-electron chi connectivity index (χ1n) is 12.3. The van der Waals surface area contributed by atoms with Crippen LogP contribution in [0.15, 0.2) is 66.9 Å². The smallest absolute Gasteiger partial charge is 0.308 e. The molecule has 0 unspecified atom stereocenters. The van der Waals surface area contributed by atoms with Crippen molar-refractivity contribution in [2.45, 2.75) is 50.9 Å². The van der Waals surface area contributed by atoms with Crippen LogP contribution >= 0.6 is 0 Å². The SMILES string of the molecule is CC(=O)OC[C@H]1O[C@@H](n2cc(Cc3ccc4cc(OC(C)=O)ccc4c3)c3ccccc32)[C@H](O)[C@@H](O)[C@@H]1O. The van der Waals surface area contributed by atoms with Gasteiger partial charge in [0, 0.05) is 25.4 Å². The Labute approximate surface area is 218 Å². The van der Waals surface area contributed by atoms with Crippen molar-refractivity contribution in [3.8, 4) is 5.75 Å². The lowest BCUT2D eigenvalue weighted by Crippen LogP contribution is -2.56. The van der Waals surface area contributed by atoms with E-state index in [1.807, 2.05) is 54.7 Å². The molecule has 0 saturated carbocycles. The molecule has 9 nitrogen and oxygen atoms in total. The van der Waals surface area contributed by atoms with E-state index >= 15 is 0 Å². The highest BCUT2D eigenvalue weighted by atomic mass is 16.6. The first-order chi connectivity index (χ1) is 18.2. The van der Waals surface area contributed by atoms with E-state index in [4.69, 9.17) is 14.2 Å². The van der Waals surface area contributed by atoms with E-state index in [0.29, 0.717) is 12.2 Å². The van der Waals surface area contributed by atoms with Crippen molar-refractivity contribution in [3.05, 3.63) is 78.0 Å². The summed E-state index contributed by atoms with van der Waals surface area (Å²) in [5, 5.41) is 34.6. The highest BCUT2D eigenvalue weighted by Gasteiger charge is 2.45. The maximum absolute atomic E-state index is 11.3. The third kappa shape index (κ3) is 5.14. The molecule has 0 amide bonds. The Morgan fingerprint density at radius 1 is 0.895 bits per heavy atom. The van der Waals surface area contributed by atoms with Gasteiger partial charge in [0.2, 0.25) is 0 Å². The number of carbonyl (C=O) groups excluding carboxylic acids is 2. The molecule has 0 radical (unpaired) electrons. The fourth-order valence-corrected chi connectivity index (χ4v) is 4.96. The van der Waals surface area contributed by atoms with Crippen LogP contribution in [0.5, 0.6) is 5.75 Å². The normalized spacial score (nSPS) is 23.4. The average Bonchev–Trinajstić information content (AvgIpc) is 3.24. The van der Waals surface area contributed by atoms with Gasteiger partial charge in [-0.2, -0.15) is 0 Å². The monoisotopic (exact) mass is 519 g/mol. The highest BCUT2D eigenvalue weighted by Crippen LogP contribution is 2.34. The topological polar surface area (TPSA) is 127 Å². The summed E-state index contributed by atoms with van der Waals surface area (Å²) in [7, 11) is 0. The van der Waals surface area contributed by atoms with Crippen LogP contribution in [0, 0.1) is 0 Å². The Morgan fingerprint density at radius 3 is 2.39 bits per heavy atom. The summed E-state index contributed by atoms with van der Waals surface area (Å²) in [6.45, 7) is 2.36. The molecule has 5 rings (SSSR count). The zero-order valence-corrected chi connectivity index (χ0v) is 21.0. The van der Waals surface area contributed by atoms with E-state index in [2.05, 4.69) is 6.07 Å². The number of esters is 2. The van der Waals surface area contributed by atoms with Crippen LogP contribution in [0.4, 0.5) is 0 Å². The third-order valence-electron chi connectivity index (χ3n) is 6.77. The summed E-state index contributed by atoms with van der Waals surface area (Å²) in [6.07, 6.45) is -3.88. The van der Waals surface area contributed by atoms with Crippen molar-refractivity contribution in [1.82, 2.24) is 4.57 Å². The van der Waals surface area contributed by atoms with Crippen LogP contribution < -0.4 is 4.74 Å². The van der Waals surface area contributed by atoms with E-state index in [1.165, 1.54) is 13.8 Å². The molecule has 0 aliphatic carbocycles.